The van der Waals surface area contributed by atoms with Crippen LogP contribution in [0.4, 0.5) is 5.69 Å². The summed E-state index contributed by atoms with van der Waals surface area (Å²) in [5.74, 6) is 0. The fraction of sp³-hybridized carbons (Fsp3) is 0.625. The van der Waals surface area contributed by atoms with E-state index in [9.17, 15) is 0 Å². The van der Waals surface area contributed by atoms with Crippen LogP contribution in [0, 0.1) is 0 Å². The van der Waals surface area contributed by atoms with Gasteiger partial charge in [0.25, 0.3) is 0 Å². The number of benzene rings is 1. The normalized spacial score (nSPS) is 22.6. The van der Waals surface area contributed by atoms with E-state index in [1.54, 1.807) is 0 Å². The minimum Gasteiger partial charge on any atom is -0.385 e. The van der Waals surface area contributed by atoms with E-state index in [0.717, 1.165) is 32.8 Å². The number of aryl methyl sites for hydroxylation is 1. The Balaban J connectivity index is 1.75. The molecule has 19 heavy (non-hydrogen) atoms. The Kier molecular flexibility index (Phi) is 3.50. The summed E-state index contributed by atoms with van der Waals surface area (Å²) >= 11 is 0. The first kappa shape index (κ1) is 12.9. The molecule has 0 bridgehead atoms. The quantitative estimate of drug-likeness (QED) is 0.884. The van der Waals surface area contributed by atoms with E-state index < -0.39 is 0 Å². The number of fused-ring (bicyclic) bond motifs is 1. The maximum absolute atomic E-state index is 5.59. The minimum absolute atomic E-state index is 0.145. The van der Waals surface area contributed by atoms with Crippen LogP contribution in [0.5, 0.6) is 0 Å². The van der Waals surface area contributed by atoms with E-state index in [0.29, 0.717) is 0 Å². The molecule has 2 heterocycles. The highest BCUT2D eigenvalue weighted by Crippen LogP contribution is 2.26. The van der Waals surface area contributed by atoms with Crippen LogP contribution in [-0.2, 0) is 17.7 Å². The highest BCUT2D eigenvalue weighted by atomic mass is 16.5. The van der Waals surface area contributed by atoms with Crippen molar-refractivity contribution in [2.24, 2.45) is 0 Å². The maximum Gasteiger partial charge on any atom is 0.0645 e. The Morgan fingerprint density at radius 1 is 1.37 bits per heavy atom. The summed E-state index contributed by atoms with van der Waals surface area (Å²) in [5.41, 5.74) is 4.38. The summed E-state index contributed by atoms with van der Waals surface area (Å²) in [5, 5.41) is 3.48. The standard InChI is InChI=1S/C16H24N2O/c1-16(2)12-19-9-8-18(16)11-13-5-6-15-14(10-13)4-3-7-17-15/h5-6,10,17H,3-4,7-9,11-12H2,1-2H3. The Bertz CT molecular complexity index is 456. The van der Waals surface area contributed by atoms with Crippen LogP contribution in [-0.4, -0.2) is 36.7 Å². The monoisotopic (exact) mass is 260 g/mol. The van der Waals surface area contributed by atoms with Crippen LogP contribution in [0.15, 0.2) is 18.2 Å². The highest BCUT2D eigenvalue weighted by Gasteiger charge is 2.30. The molecule has 0 atom stereocenters. The number of rotatable bonds is 2. The van der Waals surface area contributed by atoms with Gasteiger partial charge in [-0.15, -0.1) is 0 Å². The van der Waals surface area contributed by atoms with E-state index in [1.807, 2.05) is 0 Å². The number of hydrogen-bond acceptors (Lipinski definition) is 3. The van der Waals surface area contributed by atoms with E-state index in [2.05, 4.69) is 42.3 Å². The lowest BCUT2D eigenvalue weighted by atomic mass is 9.98. The van der Waals surface area contributed by atoms with Crippen molar-refractivity contribution in [1.29, 1.82) is 0 Å². The topological polar surface area (TPSA) is 24.5 Å². The largest absolute Gasteiger partial charge is 0.385 e. The van der Waals surface area contributed by atoms with Crippen molar-refractivity contribution < 1.29 is 4.74 Å². The van der Waals surface area contributed by atoms with Gasteiger partial charge >= 0.3 is 0 Å². The van der Waals surface area contributed by atoms with E-state index >= 15 is 0 Å². The number of nitrogens with one attached hydrogen (secondary N) is 1. The van der Waals surface area contributed by atoms with Crippen LogP contribution in [0.1, 0.15) is 31.4 Å². The maximum atomic E-state index is 5.59. The van der Waals surface area contributed by atoms with Gasteiger partial charge in [-0.05, 0) is 43.9 Å². The summed E-state index contributed by atoms with van der Waals surface area (Å²) in [7, 11) is 0. The second-order valence-corrected chi connectivity index (χ2v) is 6.31. The van der Waals surface area contributed by atoms with Gasteiger partial charge in [-0.3, -0.25) is 4.90 Å². The number of hydrogen-bond donors (Lipinski definition) is 1. The molecule has 0 spiro atoms. The van der Waals surface area contributed by atoms with Crippen molar-refractivity contribution in [1.82, 2.24) is 4.90 Å². The lowest BCUT2D eigenvalue weighted by Crippen LogP contribution is -2.52. The lowest BCUT2D eigenvalue weighted by Gasteiger charge is -2.42. The molecule has 3 nitrogen and oxygen atoms in total. The van der Waals surface area contributed by atoms with Crippen molar-refractivity contribution in [2.75, 3.05) is 31.6 Å². The summed E-state index contributed by atoms with van der Waals surface area (Å²) in [6.07, 6.45) is 2.46. The Morgan fingerprint density at radius 3 is 3.11 bits per heavy atom. The fourth-order valence-electron chi connectivity index (χ4n) is 3.03. The van der Waals surface area contributed by atoms with Crippen molar-refractivity contribution in [3.8, 4) is 0 Å². The van der Waals surface area contributed by atoms with Crippen molar-refractivity contribution >= 4 is 5.69 Å². The van der Waals surface area contributed by atoms with Gasteiger partial charge in [0.2, 0.25) is 0 Å². The van der Waals surface area contributed by atoms with Crippen LogP contribution < -0.4 is 5.32 Å². The SMILES string of the molecule is CC1(C)COCCN1Cc1ccc2c(c1)CCCN2. The molecular formula is C16H24N2O. The zero-order valence-corrected chi connectivity index (χ0v) is 12.0. The lowest BCUT2D eigenvalue weighted by molar-refractivity contribution is -0.0552. The van der Waals surface area contributed by atoms with Gasteiger partial charge < -0.3 is 10.1 Å². The molecule has 0 amide bonds. The molecule has 0 aromatic heterocycles. The van der Waals surface area contributed by atoms with Gasteiger partial charge in [0.05, 0.1) is 13.2 Å². The molecular weight excluding hydrogens is 236 g/mol. The summed E-state index contributed by atoms with van der Waals surface area (Å²) in [4.78, 5) is 2.54. The molecule has 2 aliphatic heterocycles. The van der Waals surface area contributed by atoms with E-state index in [-0.39, 0.29) is 5.54 Å². The first-order chi connectivity index (χ1) is 9.15. The molecule has 0 radical (unpaired) electrons. The third-order valence-corrected chi connectivity index (χ3v) is 4.30. The summed E-state index contributed by atoms with van der Waals surface area (Å²) < 4.78 is 5.59. The molecule has 2 aliphatic rings. The van der Waals surface area contributed by atoms with E-state index in [4.69, 9.17) is 4.74 Å². The second kappa shape index (κ2) is 5.14. The average Bonchev–Trinajstić information content (AvgIpc) is 2.41. The Hall–Kier alpha value is -1.06. The average molecular weight is 260 g/mol. The van der Waals surface area contributed by atoms with Gasteiger partial charge in [-0.1, -0.05) is 12.1 Å². The molecule has 0 saturated carbocycles. The zero-order chi connectivity index (χ0) is 13.3. The third-order valence-electron chi connectivity index (χ3n) is 4.30. The molecule has 1 saturated heterocycles. The fourth-order valence-corrected chi connectivity index (χ4v) is 3.03. The molecule has 3 rings (SSSR count). The van der Waals surface area contributed by atoms with Gasteiger partial charge in [0.15, 0.2) is 0 Å². The molecule has 104 valence electrons. The first-order valence-corrected chi connectivity index (χ1v) is 7.34. The molecule has 1 fully saturated rings. The number of ether oxygens (including phenoxy) is 1. The third kappa shape index (κ3) is 2.77. The zero-order valence-electron chi connectivity index (χ0n) is 12.0. The highest BCUT2D eigenvalue weighted by molar-refractivity contribution is 5.54. The van der Waals surface area contributed by atoms with Crippen molar-refractivity contribution in [3.63, 3.8) is 0 Å². The molecule has 3 heteroatoms. The number of anilines is 1. The second-order valence-electron chi connectivity index (χ2n) is 6.31. The molecule has 1 N–H and O–H groups in total. The number of morpholine rings is 1. The molecule has 1 aromatic carbocycles. The van der Waals surface area contributed by atoms with Crippen LogP contribution in [0.25, 0.3) is 0 Å². The summed E-state index contributed by atoms with van der Waals surface area (Å²) in [6, 6.07) is 6.90. The predicted molar refractivity (Wildman–Crippen MR) is 78.6 cm³/mol. The van der Waals surface area contributed by atoms with Gasteiger partial charge in [-0.2, -0.15) is 0 Å². The minimum atomic E-state index is 0.145. The van der Waals surface area contributed by atoms with Gasteiger partial charge in [-0.25, -0.2) is 0 Å². The van der Waals surface area contributed by atoms with Crippen molar-refractivity contribution in [3.05, 3.63) is 29.3 Å². The van der Waals surface area contributed by atoms with Gasteiger partial charge in [0, 0.05) is 30.9 Å². The van der Waals surface area contributed by atoms with Gasteiger partial charge in [0.1, 0.15) is 0 Å². The molecule has 0 unspecified atom stereocenters. The van der Waals surface area contributed by atoms with Crippen LogP contribution >= 0.6 is 0 Å². The molecule has 0 aliphatic carbocycles. The van der Waals surface area contributed by atoms with Crippen LogP contribution in [0.2, 0.25) is 0 Å². The first-order valence-electron chi connectivity index (χ1n) is 7.34. The molecule has 1 aromatic rings. The van der Waals surface area contributed by atoms with Crippen molar-refractivity contribution in [2.45, 2.75) is 38.8 Å². The smallest absolute Gasteiger partial charge is 0.0645 e. The Labute approximate surface area is 115 Å². The Morgan fingerprint density at radius 2 is 2.26 bits per heavy atom. The predicted octanol–water partition coefficient (Wildman–Crippen LogP) is 2.66. The summed E-state index contributed by atoms with van der Waals surface area (Å²) in [6.45, 7) is 9.41. The number of nitrogens with zero attached hydrogens (tertiary/aromatic N) is 1. The van der Waals surface area contributed by atoms with Crippen LogP contribution in [0.3, 0.4) is 0 Å². The van der Waals surface area contributed by atoms with E-state index in [1.165, 1.54) is 29.7 Å².